The summed E-state index contributed by atoms with van der Waals surface area (Å²) in [5, 5.41) is 7.83. The SMILES string of the molecule is O=C(c1cccc(NS(=O)(=O)c2ccccc2F)c1)N1CCC(n2ccnn2)CC1. The number of aromatic nitrogens is 3. The summed E-state index contributed by atoms with van der Waals surface area (Å²) in [4.78, 5) is 14.2. The molecule has 1 saturated heterocycles. The van der Waals surface area contributed by atoms with Gasteiger partial charge in [0.05, 0.1) is 12.2 Å². The van der Waals surface area contributed by atoms with E-state index >= 15 is 0 Å². The Morgan fingerprint density at radius 3 is 2.57 bits per heavy atom. The molecule has 0 bridgehead atoms. The molecule has 30 heavy (non-hydrogen) atoms. The second-order valence-corrected chi connectivity index (χ2v) is 8.67. The minimum absolute atomic E-state index is 0.182. The van der Waals surface area contributed by atoms with Crippen molar-refractivity contribution in [3.8, 4) is 0 Å². The van der Waals surface area contributed by atoms with Gasteiger partial charge in [-0.3, -0.25) is 9.52 Å². The van der Waals surface area contributed by atoms with E-state index in [1.54, 1.807) is 27.9 Å². The molecule has 2 heterocycles. The Morgan fingerprint density at radius 1 is 1.10 bits per heavy atom. The molecule has 1 aromatic heterocycles. The predicted molar refractivity (Wildman–Crippen MR) is 108 cm³/mol. The monoisotopic (exact) mass is 429 g/mol. The second-order valence-electron chi connectivity index (χ2n) is 7.02. The smallest absolute Gasteiger partial charge is 0.264 e. The summed E-state index contributed by atoms with van der Waals surface area (Å²) in [6, 6.07) is 11.5. The van der Waals surface area contributed by atoms with E-state index in [0.717, 1.165) is 18.9 Å². The normalized spacial score (nSPS) is 15.2. The molecule has 2 aromatic carbocycles. The highest BCUT2D eigenvalue weighted by Crippen LogP contribution is 2.24. The van der Waals surface area contributed by atoms with Gasteiger partial charge in [-0.2, -0.15) is 0 Å². The lowest BCUT2D eigenvalue weighted by atomic mass is 10.0. The lowest BCUT2D eigenvalue weighted by Crippen LogP contribution is -2.39. The van der Waals surface area contributed by atoms with Crippen molar-refractivity contribution in [3.05, 3.63) is 72.3 Å². The van der Waals surface area contributed by atoms with Crippen LogP contribution in [0.3, 0.4) is 0 Å². The summed E-state index contributed by atoms with van der Waals surface area (Å²) in [6.45, 7) is 1.13. The fourth-order valence-electron chi connectivity index (χ4n) is 3.52. The summed E-state index contributed by atoms with van der Waals surface area (Å²) in [7, 11) is -4.11. The standard InChI is InChI=1S/C20H20FN5O3S/c21-18-6-1-2-7-19(18)30(28,29)23-16-5-3-4-15(14-16)20(27)25-11-8-17(9-12-25)26-13-10-22-24-26/h1-7,10,13-14,17,23H,8-9,11-12H2. The van der Waals surface area contributed by atoms with Crippen LogP contribution in [0.15, 0.2) is 65.8 Å². The van der Waals surface area contributed by atoms with Gasteiger partial charge in [0.25, 0.3) is 15.9 Å². The van der Waals surface area contributed by atoms with E-state index in [1.165, 1.54) is 30.3 Å². The fraction of sp³-hybridized carbons (Fsp3) is 0.250. The van der Waals surface area contributed by atoms with Gasteiger partial charge >= 0.3 is 0 Å². The van der Waals surface area contributed by atoms with Crippen molar-refractivity contribution in [3.63, 3.8) is 0 Å². The van der Waals surface area contributed by atoms with E-state index in [-0.39, 0.29) is 17.6 Å². The average molecular weight is 429 g/mol. The number of amides is 1. The Kier molecular flexibility index (Phi) is 5.49. The minimum atomic E-state index is -4.11. The summed E-state index contributed by atoms with van der Waals surface area (Å²) in [5.74, 6) is -1.02. The molecule has 0 spiro atoms. The van der Waals surface area contributed by atoms with Crippen LogP contribution in [-0.2, 0) is 10.0 Å². The molecule has 3 aromatic rings. The maximum atomic E-state index is 13.9. The van der Waals surface area contributed by atoms with E-state index in [4.69, 9.17) is 0 Å². The number of piperidine rings is 1. The number of rotatable bonds is 5. The van der Waals surface area contributed by atoms with Crippen molar-refractivity contribution < 1.29 is 17.6 Å². The van der Waals surface area contributed by atoms with Crippen molar-refractivity contribution >= 4 is 21.6 Å². The van der Waals surface area contributed by atoms with Crippen LogP contribution in [0.4, 0.5) is 10.1 Å². The first-order chi connectivity index (χ1) is 14.4. The molecule has 10 heteroatoms. The molecular formula is C20H20FN5O3S. The van der Waals surface area contributed by atoms with Gasteiger partial charge in [-0.1, -0.05) is 23.4 Å². The molecule has 0 radical (unpaired) electrons. The quantitative estimate of drug-likeness (QED) is 0.673. The molecule has 1 amide bonds. The van der Waals surface area contributed by atoms with Gasteiger partial charge < -0.3 is 4.90 Å². The maximum absolute atomic E-state index is 13.9. The zero-order valence-corrected chi connectivity index (χ0v) is 16.8. The van der Waals surface area contributed by atoms with Crippen molar-refractivity contribution in [1.29, 1.82) is 0 Å². The molecule has 4 rings (SSSR count). The van der Waals surface area contributed by atoms with Crippen LogP contribution in [0.2, 0.25) is 0 Å². The topological polar surface area (TPSA) is 97.2 Å². The molecule has 0 aliphatic carbocycles. The Labute approximate surface area is 173 Å². The van der Waals surface area contributed by atoms with Crippen molar-refractivity contribution in [1.82, 2.24) is 19.9 Å². The van der Waals surface area contributed by atoms with Crippen LogP contribution >= 0.6 is 0 Å². The van der Waals surface area contributed by atoms with Crippen LogP contribution < -0.4 is 4.72 Å². The molecular weight excluding hydrogens is 409 g/mol. The molecule has 0 atom stereocenters. The summed E-state index contributed by atoms with van der Waals surface area (Å²) in [6.07, 6.45) is 4.96. The van der Waals surface area contributed by atoms with Crippen LogP contribution in [0.1, 0.15) is 29.2 Å². The molecule has 1 aliphatic heterocycles. The number of likely N-dealkylation sites (tertiary alicyclic amines) is 1. The first-order valence-corrected chi connectivity index (χ1v) is 10.9. The molecule has 1 fully saturated rings. The minimum Gasteiger partial charge on any atom is -0.338 e. The Hall–Kier alpha value is -3.27. The van der Waals surface area contributed by atoms with Crippen LogP contribution in [0.5, 0.6) is 0 Å². The third-order valence-corrected chi connectivity index (χ3v) is 6.47. The Bertz CT molecular complexity index is 1140. The molecule has 1 aliphatic rings. The van der Waals surface area contributed by atoms with Gasteiger partial charge in [0, 0.05) is 30.5 Å². The number of sulfonamides is 1. The van der Waals surface area contributed by atoms with Crippen molar-refractivity contribution in [2.24, 2.45) is 0 Å². The highest BCUT2D eigenvalue weighted by molar-refractivity contribution is 7.92. The molecule has 0 saturated carbocycles. The van der Waals surface area contributed by atoms with Crippen molar-refractivity contribution in [2.45, 2.75) is 23.8 Å². The van der Waals surface area contributed by atoms with E-state index in [0.29, 0.717) is 18.7 Å². The van der Waals surface area contributed by atoms with E-state index in [9.17, 15) is 17.6 Å². The predicted octanol–water partition coefficient (Wildman–Crippen LogP) is 2.70. The average Bonchev–Trinajstić information content (AvgIpc) is 3.28. The lowest BCUT2D eigenvalue weighted by Gasteiger charge is -2.32. The third-order valence-electron chi connectivity index (χ3n) is 5.05. The zero-order chi connectivity index (χ0) is 21.1. The number of carbonyl (C=O) groups is 1. The Balaban J connectivity index is 1.46. The highest BCUT2D eigenvalue weighted by Gasteiger charge is 2.25. The highest BCUT2D eigenvalue weighted by atomic mass is 32.2. The lowest BCUT2D eigenvalue weighted by molar-refractivity contribution is 0.0689. The van der Waals surface area contributed by atoms with Gasteiger partial charge in [-0.05, 0) is 43.2 Å². The summed E-state index contributed by atoms with van der Waals surface area (Å²) >= 11 is 0. The summed E-state index contributed by atoms with van der Waals surface area (Å²) in [5.41, 5.74) is 0.560. The van der Waals surface area contributed by atoms with Gasteiger partial charge in [0.2, 0.25) is 0 Å². The number of halogens is 1. The fourth-order valence-corrected chi connectivity index (χ4v) is 4.65. The maximum Gasteiger partial charge on any atom is 0.264 e. The van der Waals surface area contributed by atoms with Gasteiger partial charge in [-0.25, -0.2) is 17.5 Å². The Morgan fingerprint density at radius 2 is 1.87 bits per heavy atom. The van der Waals surface area contributed by atoms with Gasteiger partial charge in [0.1, 0.15) is 10.7 Å². The van der Waals surface area contributed by atoms with Gasteiger partial charge in [0.15, 0.2) is 0 Å². The number of benzene rings is 2. The number of nitrogens with zero attached hydrogens (tertiary/aromatic N) is 4. The van der Waals surface area contributed by atoms with E-state index < -0.39 is 20.7 Å². The first kappa shape index (κ1) is 20.0. The molecule has 1 N–H and O–H groups in total. The number of anilines is 1. The third kappa shape index (κ3) is 4.18. The van der Waals surface area contributed by atoms with Crippen LogP contribution in [0, 0.1) is 5.82 Å². The van der Waals surface area contributed by atoms with Crippen LogP contribution in [0.25, 0.3) is 0 Å². The number of hydrogen-bond donors (Lipinski definition) is 1. The molecule has 156 valence electrons. The molecule has 8 nitrogen and oxygen atoms in total. The number of carbonyl (C=O) groups excluding carboxylic acids is 1. The van der Waals surface area contributed by atoms with E-state index in [2.05, 4.69) is 15.0 Å². The number of nitrogens with one attached hydrogen (secondary N) is 1. The second kappa shape index (κ2) is 8.23. The zero-order valence-electron chi connectivity index (χ0n) is 16.0. The van der Waals surface area contributed by atoms with Crippen molar-refractivity contribution in [2.75, 3.05) is 17.8 Å². The van der Waals surface area contributed by atoms with Crippen LogP contribution in [-0.4, -0.2) is 47.3 Å². The summed E-state index contributed by atoms with van der Waals surface area (Å²) < 4.78 is 43.0. The molecule has 0 unspecified atom stereocenters. The number of hydrogen-bond acceptors (Lipinski definition) is 5. The van der Waals surface area contributed by atoms with Gasteiger partial charge in [-0.15, -0.1) is 5.10 Å². The van der Waals surface area contributed by atoms with E-state index in [1.807, 2.05) is 6.20 Å². The largest absolute Gasteiger partial charge is 0.338 e. The first-order valence-electron chi connectivity index (χ1n) is 9.46.